The third-order valence-corrected chi connectivity index (χ3v) is 8.18. The zero-order valence-electron chi connectivity index (χ0n) is 26.1. The molecule has 6 aromatic rings. The predicted molar refractivity (Wildman–Crippen MR) is 176 cm³/mol. The van der Waals surface area contributed by atoms with Gasteiger partial charge < -0.3 is 9.30 Å². The average molecular weight is 600 g/mol. The van der Waals surface area contributed by atoms with Gasteiger partial charge in [-0.2, -0.15) is 4.68 Å². The van der Waals surface area contributed by atoms with Gasteiger partial charge in [0.1, 0.15) is 17.0 Å². The topological polar surface area (TPSA) is 101 Å². The summed E-state index contributed by atoms with van der Waals surface area (Å²) in [4.78, 5) is 22.3. The highest BCUT2D eigenvalue weighted by molar-refractivity contribution is 5.94. The second-order valence-corrected chi connectivity index (χ2v) is 11.1. The van der Waals surface area contributed by atoms with Gasteiger partial charge in [-0.25, -0.2) is 9.97 Å². The predicted octanol–water partition coefficient (Wildman–Crippen LogP) is 7.49. The summed E-state index contributed by atoms with van der Waals surface area (Å²) in [5.41, 5.74) is 8.92. The fraction of sp³-hybridized carbons (Fsp3) is 0.278. The first kappa shape index (κ1) is 30.0. The lowest BCUT2D eigenvalue weighted by Gasteiger charge is -2.15. The van der Waals surface area contributed by atoms with Crippen molar-refractivity contribution in [2.24, 2.45) is 0 Å². The van der Waals surface area contributed by atoms with Crippen molar-refractivity contribution in [1.29, 1.82) is 0 Å². The Morgan fingerprint density at radius 1 is 0.889 bits per heavy atom. The molecule has 9 nitrogen and oxygen atoms in total. The highest BCUT2D eigenvalue weighted by Gasteiger charge is 2.21. The number of hydrogen-bond acceptors (Lipinski definition) is 7. The summed E-state index contributed by atoms with van der Waals surface area (Å²) in [5.74, 6) is 1.64. The van der Waals surface area contributed by atoms with E-state index in [0.717, 1.165) is 81.5 Å². The Morgan fingerprint density at radius 3 is 2.33 bits per heavy atom. The molecule has 0 N–H and O–H groups in total. The van der Waals surface area contributed by atoms with E-state index in [9.17, 15) is 4.79 Å². The molecule has 3 heterocycles. The fourth-order valence-corrected chi connectivity index (χ4v) is 5.91. The highest BCUT2D eigenvalue weighted by atomic mass is 16.5. The number of aryl methyl sites for hydroxylation is 2. The molecule has 1 unspecified atom stereocenters. The Balaban J connectivity index is 1.37. The van der Waals surface area contributed by atoms with E-state index in [2.05, 4.69) is 57.3 Å². The number of carbonyl (C=O) groups is 1. The minimum Gasteiger partial charge on any atom is -0.357 e. The van der Waals surface area contributed by atoms with Gasteiger partial charge in [0.05, 0.1) is 6.54 Å². The van der Waals surface area contributed by atoms with Crippen LogP contribution in [0, 0.1) is 6.92 Å². The first-order valence-corrected chi connectivity index (χ1v) is 15.5. The Hall–Kier alpha value is -5.02. The van der Waals surface area contributed by atoms with E-state index in [0.29, 0.717) is 24.7 Å². The molecule has 0 amide bonds. The normalized spacial score (nSPS) is 12.1. The molecule has 228 valence electrons. The van der Waals surface area contributed by atoms with Gasteiger partial charge in [-0.15, -0.1) is 5.10 Å². The summed E-state index contributed by atoms with van der Waals surface area (Å²) < 4.78 is 9.65. The highest BCUT2D eigenvalue weighted by Crippen LogP contribution is 2.34. The van der Waals surface area contributed by atoms with Crippen molar-refractivity contribution in [3.63, 3.8) is 0 Å². The molecule has 3 aromatic carbocycles. The molecule has 1 atom stereocenters. The lowest BCUT2D eigenvalue weighted by Crippen LogP contribution is -2.12. The second kappa shape index (κ2) is 13.3. The Kier molecular flexibility index (Phi) is 8.89. The first-order valence-electron chi connectivity index (χ1n) is 15.5. The second-order valence-electron chi connectivity index (χ2n) is 11.1. The van der Waals surface area contributed by atoms with Gasteiger partial charge in [-0.3, -0.25) is 4.79 Å². The van der Waals surface area contributed by atoms with E-state index in [-0.39, 0.29) is 6.23 Å². The van der Waals surface area contributed by atoms with Gasteiger partial charge in [0.2, 0.25) is 0 Å². The van der Waals surface area contributed by atoms with Crippen molar-refractivity contribution in [3.05, 3.63) is 102 Å². The number of aromatic nitrogens is 7. The molecule has 0 saturated heterocycles. The minimum atomic E-state index is -0.289. The van der Waals surface area contributed by atoms with E-state index < -0.39 is 0 Å². The zero-order chi connectivity index (χ0) is 31.3. The number of carbonyl (C=O) groups excluding carboxylic acids is 1. The van der Waals surface area contributed by atoms with Crippen molar-refractivity contribution in [2.45, 2.75) is 59.7 Å². The van der Waals surface area contributed by atoms with Crippen molar-refractivity contribution in [2.75, 3.05) is 6.61 Å². The number of tetrazole rings is 1. The number of pyridine rings is 1. The quantitative estimate of drug-likeness (QED) is 0.134. The Morgan fingerprint density at radius 2 is 1.62 bits per heavy atom. The fourth-order valence-electron chi connectivity index (χ4n) is 5.91. The summed E-state index contributed by atoms with van der Waals surface area (Å²) >= 11 is 0. The summed E-state index contributed by atoms with van der Waals surface area (Å²) in [6.07, 6.45) is 3.49. The van der Waals surface area contributed by atoms with E-state index >= 15 is 0 Å². The van der Waals surface area contributed by atoms with Crippen molar-refractivity contribution in [1.82, 2.24) is 34.7 Å². The lowest BCUT2D eigenvalue weighted by molar-refractivity contribution is 0.0159. The molecule has 45 heavy (non-hydrogen) atoms. The summed E-state index contributed by atoms with van der Waals surface area (Å²) in [6, 6.07) is 26.6. The zero-order valence-corrected chi connectivity index (χ0v) is 26.1. The van der Waals surface area contributed by atoms with E-state index in [1.165, 1.54) is 0 Å². The third-order valence-electron chi connectivity index (χ3n) is 8.18. The van der Waals surface area contributed by atoms with Crippen LogP contribution in [0.5, 0.6) is 0 Å². The van der Waals surface area contributed by atoms with Gasteiger partial charge in [-0.1, -0.05) is 92.2 Å². The molecule has 0 radical (unpaired) electrons. The molecule has 0 aliphatic heterocycles. The van der Waals surface area contributed by atoms with Crippen LogP contribution in [0.3, 0.4) is 0 Å². The number of fused-ring (bicyclic) bond motifs is 1. The molecular formula is C36H37N7O2. The van der Waals surface area contributed by atoms with Crippen molar-refractivity contribution < 1.29 is 9.53 Å². The van der Waals surface area contributed by atoms with Gasteiger partial charge in [0, 0.05) is 24.2 Å². The van der Waals surface area contributed by atoms with E-state index in [1.807, 2.05) is 69.3 Å². The SMILES string of the molecule is CCCCc1nc2c(C)c(-c3ccccc3)c(C=O)nc2n1Cc1ccc(-c2ccccc2-c2nnnn2C(C)OCC)cc1. The van der Waals surface area contributed by atoms with Crippen LogP contribution in [0.2, 0.25) is 0 Å². The number of imidazole rings is 1. The number of rotatable bonds is 12. The van der Waals surface area contributed by atoms with Gasteiger partial charge >= 0.3 is 0 Å². The Bertz CT molecular complexity index is 1930. The molecule has 0 saturated carbocycles. The lowest BCUT2D eigenvalue weighted by atomic mass is 9.98. The summed E-state index contributed by atoms with van der Waals surface area (Å²) in [5, 5.41) is 12.5. The molecule has 0 spiro atoms. The van der Waals surface area contributed by atoms with Crippen LogP contribution < -0.4 is 0 Å². The van der Waals surface area contributed by atoms with Crippen LogP contribution in [0.4, 0.5) is 0 Å². The molecule has 0 aliphatic carbocycles. The van der Waals surface area contributed by atoms with Gasteiger partial charge in [0.25, 0.3) is 0 Å². The number of benzene rings is 3. The van der Waals surface area contributed by atoms with Crippen LogP contribution in [-0.4, -0.2) is 47.6 Å². The van der Waals surface area contributed by atoms with Crippen molar-refractivity contribution in [3.8, 4) is 33.6 Å². The van der Waals surface area contributed by atoms with E-state index in [4.69, 9.17) is 14.7 Å². The smallest absolute Gasteiger partial charge is 0.185 e. The van der Waals surface area contributed by atoms with Gasteiger partial charge in [0.15, 0.2) is 24.0 Å². The minimum absolute atomic E-state index is 0.289. The molecule has 0 aliphatic rings. The maximum atomic E-state index is 12.3. The number of aldehydes is 1. The molecular weight excluding hydrogens is 562 g/mol. The standard InChI is InChI=1S/C36H37N7O2/c1-5-7-17-32-38-34-24(3)33(28-13-9-8-10-14-28)31(23-44)37-36(34)42(32)22-26-18-20-27(21-19-26)29-15-11-12-16-30(29)35-39-40-41-43(35)25(4)45-6-2/h8-16,18-21,23,25H,5-7,17,22H2,1-4H3. The molecule has 6 rings (SSSR count). The molecule has 0 fully saturated rings. The summed E-state index contributed by atoms with van der Waals surface area (Å²) in [7, 11) is 0. The van der Waals surface area contributed by atoms with Crippen LogP contribution in [0.15, 0.2) is 78.9 Å². The number of unbranched alkanes of at least 4 members (excludes halogenated alkanes) is 1. The van der Waals surface area contributed by atoms with E-state index in [1.54, 1.807) is 4.68 Å². The van der Waals surface area contributed by atoms with Crippen molar-refractivity contribution >= 4 is 17.5 Å². The maximum Gasteiger partial charge on any atom is 0.185 e. The third kappa shape index (κ3) is 5.91. The molecule has 3 aromatic heterocycles. The van der Waals surface area contributed by atoms with Gasteiger partial charge in [-0.05, 0) is 65.4 Å². The number of ether oxygens (including phenoxy) is 1. The Labute approximate surface area is 262 Å². The van der Waals surface area contributed by atoms with Crippen LogP contribution >= 0.6 is 0 Å². The number of nitrogens with zero attached hydrogens (tertiary/aromatic N) is 7. The first-order chi connectivity index (χ1) is 22.0. The molecule has 9 heteroatoms. The molecule has 0 bridgehead atoms. The van der Waals surface area contributed by atoms with Crippen LogP contribution in [-0.2, 0) is 17.7 Å². The van der Waals surface area contributed by atoms with Crippen LogP contribution in [0.25, 0.3) is 44.8 Å². The largest absolute Gasteiger partial charge is 0.357 e. The average Bonchev–Trinajstić information content (AvgIpc) is 3.70. The summed E-state index contributed by atoms with van der Waals surface area (Å²) in [6.45, 7) is 9.27. The monoisotopic (exact) mass is 599 g/mol. The van der Waals surface area contributed by atoms with Crippen LogP contribution in [0.1, 0.15) is 67.3 Å². The number of hydrogen-bond donors (Lipinski definition) is 0. The maximum absolute atomic E-state index is 12.3.